The van der Waals surface area contributed by atoms with E-state index in [2.05, 4.69) is 15.9 Å². The number of ether oxygens (including phenoxy) is 2. The van der Waals surface area contributed by atoms with Crippen molar-refractivity contribution in [2.75, 3.05) is 6.61 Å². The average Bonchev–Trinajstić information content (AvgIpc) is 3.16. The number of halogens is 3. The summed E-state index contributed by atoms with van der Waals surface area (Å²) in [4.78, 5) is 36.8. The Morgan fingerprint density at radius 2 is 2.04 bits per heavy atom. The number of Topliss-reactive ketones (excluding diaryl/α,β-unsaturated/α-hetero) is 1. The first kappa shape index (κ1) is 17.3. The van der Waals surface area contributed by atoms with E-state index < -0.39 is 30.2 Å². The highest BCUT2D eigenvalue weighted by Gasteiger charge is 2.68. The van der Waals surface area contributed by atoms with Crippen LogP contribution in [0, 0.1) is 23.7 Å². The van der Waals surface area contributed by atoms with E-state index in [0.717, 1.165) is 6.42 Å². The highest BCUT2D eigenvalue weighted by molar-refractivity contribution is 9.09. The van der Waals surface area contributed by atoms with Crippen molar-refractivity contribution in [1.82, 2.24) is 0 Å². The predicted octanol–water partition coefficient (Wildman–Crippen LogP) is 3.29. The molecule has 8 heteroatoms. The minimum absolute atomic E-state index is 0.00632. The van der Waals surface area contributed by atoms with E-state index in [-0.39, 0.29) is 39.3 Å². The lowest BCUT2D eigenvalue weighted by Crippen LogP contribution is -2.39. The Balaban J connectivity index is 1.44. The number of fused-ring (bicyclic) bond motifs is 1. The molecule has 0 spiro atoms. The summed E-state index contributed by atoms with van der Waals surface area (Å²) in [6.45, 7) is -0.424. The fourth-order valence-electron chi connectivity index (χ4n) is 4.32. The Morgan fingerprint density at radius 3 is 2.76 bits per heavy atom. The lowest BCUT2D eigenvalue weighted by molar-refractivity contribution is -0.154. The van der Waals surface area contributed by atoms with Crippen molar-refractivity contribution in [3.63, 3.8) is 0 Å². The number of hydrogen-bond acceptors (Lipinski definition) is 5. The molecule has 1 aromatic carbocycles. The number of rotatable bonds is 4. The number of hydrogen-bond donors (Lipinski definition) is 0. The molecule has 1 aliphatic heterocycles. The van der Waals surface area contributed by atoms with Gasteiger partial charge in [0.05, 0.1) is 21.7 Å². The summed E-state index contributed by atoms with van der Waals surface area (Å²) in [5.41, 5.74) is 0.241. The standard InChI is InChI=1S/C17H13BrCl2O5/c18-14-8-4-9-13(17(23)25-15(9)14)12(8)16(22)24-5-11(21)7-2-1-6(19)3-10(7)20/h1-3,8-9,12-15H,4-5H2/t8-,9-,12-,13-,14-,15+/m1/s1. The van der Waals surface area contributed by atoms with Gasteiger partial charge in [0, 0.05) is 16.5 Å². The molecule has 0 amide bonds. The van der Waals surface area contributed by atoms with Gasteiger partial charge < -0.3 is 9.47 Å². The molecule has 1 heterocycles. The van der Waals surface area contributed by atoms with Crippen LogP contribution in [0.4, 0.5) is 0 Å². The van der Waals surface area contributed by atoms with Gasteiger partial charge in [-0.05, 0) is 30.5 Å². The number of alkyl halides is 1. The van der Waals surface area contributed by atoms with E-state index in [1.807, 2.05) is 0 Å². The van der Waals surface area contributed by atoms with Gasteiger partial charge in [-0.2, -0.15) is 0 Å². The molecule has 3 aliphatic rings. The second-order valence-electron chi connectivity index (χ2n) is 6.62. The van der Waals surface area contributed by atoms with E-state index in [9.17, 15) is 14.4 Å². The molecule has 0 aromatic heterocycles. The van der Waals surface area contributed by atoms with Crippen LogP contribution >= 0.6 is 39.1 Å². The molecule has 132 valence electrons. The third kappa shape index (κ3) is 2.69. The van der Waals surface area contributed by atoms with E-state index in [1.165, 1.54) is 12.1 Å². The Hall–Kier alpha value is -1.11. The number of benzene rings is 1. The molecule has 4 rings (SSSR count). The molecular formula is C17H13BrCl2O5. The largest absolute Gasteiger partial charge is 0.461 e. The third-order valence-electron chi connectivity index (χ3n) is 5.37. The lowest BCUT2D eigenvalue weighted by atomic mass is 9.80. The summed E-state index contributed by atoms with van der Waals surface area (Å²) < 4.78 is 10.6. The predicted molar refractivity (Wildman–Crippen MR) is 92.9 cm³/mol. The first-order chi connectivity index (χ1) is 11.9. The van der Waals surface area contributed by atoms with Gasteiger partial charge in [-0.1, -0.05) is 39.1 Å². The van der Waals surface area contributed by atoms with Gasteiger partial charge in [0.25, 0.3) is 0 Å². The molecule has 0 N–H and O–H groups in total. The summed E-state index contributed by atoms with van der Waals surface area (Å²) in [5, 5.41) is 0.620. The Labute approximate surface area is 162 Å². The molecule has 25 heavy (non-hydrogen) atoms. The van der Waals surface area contributed by atoms with Crippen molar-refractivity contribution >= 4 is 56.9 Å². The van der Waals surface area contributed by atoms with E-state index in [0.29, 0.717) is 5.02 Å². The fourth-order valence-corrected chi connectivity index (χ4v) is 5.88. The molecule has 6 atom stereocenters. The first-order valence-electron chi connectivity index (χ1n) is 7.88. The van der Waals surface area contributed by atoms with Crippen LogP contribution in [-0.4, -0.2) is 35.3 Å². The molecule has 2 bridgehead atoms. The molecule has 1 saturated heterocycles. The Kier molecular flexibility index (Phi) is 4.33. The first-order valence-corrected chi connectivity index (χ1v) is 9.55. The quantitative estimate of drug-likeness (QED) is 0.402. The topological polar surface area (TPSA) is 69.7 Å². The van der Waals surface area contributed by atoms with Crippen LogP contribution in [0.25, 0.3) is 0 Å². The number of ketones is 1. The molecule has 1 aromatic rings. The second-order valence-corrected chi connectivity index (χ2v) is 8.52. The van der Waals surface area contributed by atoms with Gasteiger partial charge >= 0.3 is 11.9 Å². The molecule has 0 unspecified atom stereocenters. The zero-order valence-corrected chi connectivity index (χ0v) is 15.9. The number of carbonyl (C=O) groups is 3. The van der Waals surface area contributed by atoms with Crippen molar-refractivity contribution in [3.8, 4) is 0 Å². The van der Waals surface area contributed by atoms with Gasteiger partial charge in [0.2, 0.25) is 5.78 Å². The monoisotopic (exact) mass is 446 g/mol. The van der Waals surface area contributed by atoms with Gasteiger partial charge in [0.1, 0.15) is 6.10 Å². The van der Waals surface area contributed by atoms with Gasteiger partial charge in [-0.15, -0.1) is 0 Å². The van der Waals surface area contributed by atoms with Crippen molar-refractivity contribution in [3.05, 3.63) is 33.8 Å². The maximum Gasteiger partial charge on any atom is 0.310 e. The van der Waals surface area contributed by atoms with E-state index >= 15 is 0 Å². The summed E-state index contributed by atoms with van der Waals surface area (Å²) in [5.74, 6) is -2.25. The Morgan fingerprint density at radius 1 is 1.28 bits per heavy atom. The highest BCUT2D eigenvalue weighted by Crippen LogP contribution is 2.60. The van der Waals surface area contributed by atoms with Crippen LogP contribution in [-0.2, 0) is 19.1 Å². The highest BCUT2D eigenvalue weighted by atomic mass is 79.9. The van der Waals surface area contributed by atoms with Crippen LogP contribution in [0.2, 0.25) is 10.0 Å². The van der Waals surface area contributed by atoms with Crippen LogP contribution in [0.15, 0.2) is 18.2 Å². The van der Waals surface area contributed by atoms with Crippen LogP contribution in [0.1, 0.15) is 16.8 Å². The van der Waals surface area contributed by atoms with Crippen LogP contribution in [0.5, 0.6) is 0 Å². The molecular weight excluding hydrogens is 435 g/mol. The van der Waals surface area contributed by atoms with Crippen LogP contribution < -0.4 is 0 Å². The van der Waals surface area contributed by atoms with E-state index in [1.54, 1.807) is 6.07 Å². The summed E-state index contributed by atoms with van der Waals surface area (Å²) in [6.07, 6.45) is 0.606. The lowest BCUT2D eigenvalue weighted by Gasteiger charge is -2.26. The summed E-state index contributed by atoms with van der Waals surface area (Å²) in [6, 6.07) is 4.49. The zero-order valence-electron chi connectivity index (χ0n) is 12.8. The normalized spacial score (nSPS) is 34.9. The molecule has 2 saturated carbocycles. The number of esters is 2. The smallest absolute Gasteiger partial charge is 0.310 e. The molecule has 5 nitrogen and oxygen atoms in total. The Bertz CT molecular complexity index is 782. The summed E-state index contributed by atoms with van der Waals surface area (Å²) >= 11 is 15.3. The minimum Gasteiger partial charge on any atom is -0.461 e. The molecule has 3 fully saturated rings. The van der Waals surface area contributed by atoms with Crippen molar-refractivity contribution in [2.45, 2.75) is 17.4 Å². The minimum atomic E-state index is -0.561. The van der Waals surface area contributed by atoms with Crippen LogP contribution in [0.3, 0.4) is 0 Å². The number of carbonyl (C=O) groups excluding carboxylic acids is 3. The average molecular weight is 448 g/mol. The van der Waals surface area contributed by atoms with Gasteiger partial charge in [-0.25, -0.2) is 0 Å². The molecule has 0 radical (unpaired) electrons. The van der Waals surface area contributed by atoms with E-state index in [4.69, 9.17) is 32.7 Å². The van der Waals surface area contributed by atoms with Crippen molar-refractivity contribution in [2.24, 2.45) is 23.7 Å². The van der Waals surface area contributed by atoms with Crippen molar-refractivity contribution < 1.29 is 23.9 Å². The maximum atomic E-state index is 12.5. The fraction of sp³-hybridized carbons (Fsp3) is 0.471. The maximum absolute atomic E-state index is 12.5. The summed E-state index contributed by atoms with van der Waals surface area (Å²) in [7, 11) is 0. The second kappa shape index (κ2) is 6.25. The van der Waals surface area contributed by atoms with Gasteiger partial charge in [0.15, 0.2) is 6.61 Å². The van der Waals surface area contributed by atoms with Crippen molar-refractivity contribution in [1.29, 1.82) is 0 Å². The van der Waals surface area contributed by atoms with Gasteiger partial charge in [-0.3, -0.25) is 14.4 Å². The molecule has 2 aliphatic carbocycles. The third-order valence-corrected chi connectivity index (χ3v) is 7.12. The zero-order chi connectivity index (χ0) is 17.9. The SMILES string of the molecule is O=C(COC(=O)[C@@H]1[C@H]2C[C@H]3[C@H](OC(=O)[C@H]31)[C@@H]2Br)c1ccc(Cl)cc1Cl.